The standard InChI is InChI=1S/C14H25ClN4O4S3.HI/c1-4-16-14(19-11(2)7-10-25(3,20)21)17-8-9-18-26(22,23)13-6-5-12(15)24-13;/h5-6,11,18H,4,7-10H2,1-3H3,(H2,16,17,19);1H. The summed E-state index contributed by atoms with van der Waals surface area (Å²) in [5.74, 6) is 0.593. The van der Waals surface area contributed by atoms with E-state index in [0.29, 0.717) is 23.3 Å². The average Bonchev–Trinajstić information content (AvgIpc) is 2.96. The zero-order chi connectivity index (χ0) is 19.8. The fraction of sp³-hybridized carbons (Fsp3) is 0.643. The third-order valence-electron chi connectivity index (χ3n) is 3.14. The second-order valence-electron chi connectivity index (χ2n) is 5.68. The molecule has 1 aromatic rings. The first kappa shape index (κ1) is 26.9. The Hall–Kier alpha value is -0.150. The lowest BCUT2D eigenvalue weighted by Gasteiger charge is -2.17. The van der Waals surface area contributed by atoms with Crippen molar-refractivity contribution >= 4 is 72.7 Å². The molecule has 0 aliphatic rings. The number of rotatable bonds is 10. The molecule has 1 aromatic heterocycles. The molecule has 0 saturated carbocycles. The highest BCUT2D eigenvalue weighted by Crippen LogP contribution is 2.25. The maximum absolute atomic E-state index is 12.1. The molecular formula is C14H26ClIN4O4S3. The smallest absolute Gasteiger partial charge is 0.250 e. The predicted molar refractivity (Wildman–Crippen MR) is 123 cm³/mol. The van der Waals surface area contributed by atoms with Crippen LogP contribution in [0, 0.1) is 0 Å². The highest BCUT2D eigenvalue weighted by atomic mass is 127. The van der Waals surface area contributed by atoms with Gasteiger partial charge < -0.3 is 10.6 Å². The molecule has 158 valence electrons. The fourth-order valence-electron chi connectivity index (χ4n) is 1.88. The highest BCUT2D eigenvalue weighted by molar-refractivity contribution is 14.0. The summed E-state index contributed by atoms with van der Waals surface area (Å²) in [5.41, 5.74) is 0. The van der Waals surface area contributed by atoms with Crippen molar-refractivity contribution in [3.63, 3.8) is 0 Å². The molecule has 0 aromatic carbocycles. The summed E-state index contributed by atoms with van der Waals surface area (Å²) in [6.07, 6.45) is 1.65. The van der Waals surface area contributed by atoms with Crippen LogP contribution in [0.25, 0.3) is 0 Å². The van der Waals surface area contributed by atoms with Gasteiger partial charge in [0.15, 0.2) is 5.96 Å². The SMILES string of the molecule is CCNC(=NCCNS(=O)(=O)c1ccc(Cl)s1)NC(C)CCS(C)(=O)=O.I. The van der Waals surface area contributed by atoms with Crippen molar-refractivity contribution in [1.82, 2.24) is 15.4 Å². The van der Waals surface area contributed by atoms with Crippen molar-refractivity contribution in [3.05, 3.63) is 16.5 Å². The maximum Gasteiger partial charge on any atom is 0.250 e. The van der Waals surface area contributed by atoms with Gasteiger partial charge in [0, 0.05) is 25.4 Å². The van der Waals surface area contributed by atoms with Gasteiger partial charge in [-0.1, -0.05) is 11.6 Å². The van der Waals surface area contributed by atoms with Crippen LogP contribution in [-0.4, -0.2) is 60.5 Å². The molecule has 1 rings (SSSR count). The number of nitrogens with zero attached hydrogens (tertiary/aromatic N) is 1. The number of halogens is 2. The Bertz CT molecular complexity index is 812. The molecule has 1 heterocycles. The van der Waals surface area contributed by atoms with Crippen LogP contribution in [0.4, 0.5) is 0 Å². The Labute approximate surface area is 187 Å². The van der Waals surface area contributed by atoms with Crippen LogP contribution < -0.4 is 15.4 Å². The molecule has 0 bridgehead atoms. The first-order valence-electron chi connectivity index (χ1n) is 8.01. The number of sulfone groups is 1. The number of nitrogens with one attached hydrogen (secondary N) is 3. The molecule has 8 nitrogen and oxygen atoms in total. The van der Waals surface area contributed by atoms with Crippen LogP contribution in [0.5, 0.6) is 0 Å². The molecule has 27 heavy (non-hydrogen) atoms. The van der Waals surface area contributed by atoms with E-state index in [1.807, 2.05) is 13.8 Å². The number of hydrogen-bond acceptors (Lipinski definition) is 6. The van der Waals surface area contributed by atoms with Crippen molar-refractivity contribution in [3.8, 4) is 0 Å². The maximum atomic E-state index is 12.1. The molecule has 1 atom stereocenters. The Morgan fingerprint density at radius 1 is 1.30 bits per heavy atom. The van der Waals surface area contributed by atoms with E-state index in [1.54, 1.807) is 0 Å². The second-order valence-corrected chi connectivity index (χ2v) is 11.6. The lowest BCUT2D eigenvalue weighted by molar-refractivity contribution is 0.580. The Morgan fingerprint density at radius 3 is 2.48 bits per heavy atom. The van der Waals surface area contributed by atoms with Gasteiger partial charge in [-0.25, -0.2) is 21.6 Å². The Kier molecular flexibility index (Phi) is 12.4. The van der Waals surface area contributed by atoms with Crippen molar-refractivity contribution in [2.24, 2.45) is 4.99 Å². The molecule has 3 N–H and O–H groups in total. The van der Waals surface area contributed by atoms with Crippen LogP contribution in [0.1, 0.15) is 20.3 Å². The zero-order valence-electron chi connectivity index (χ0n) is 15.4. The van der Waals surface area contributed by atoms with Gasteiger partial charge in [0.05, 0.1) is 16.6 Å². The minimum Gasteiger partial charge on any atom is -0.357 e. The highest BCUT2D eigenvalue weighted by Gasteiger charge is 2.15. The minimum atomic E-state index is -3.59. The van der Waals surface area contributed by atoms with Gasteiger partial charge in [-0.15, -0.1) is 35.3 Å². The molecule has 0 aliphatic carbocycles. The summed E-state index contributed by atoms with van der Waals surface area (Å²) in [7, 11) is -6.60. The van der Waals surface area contributed by atoms with Gasteiger partial charge in [-0.05, 0) is 32.4 Å². The van der Waals surface area contributed by atoms with E-state index in [9.17, 15) is 16.8 Å². The van der Waals surface area contributed by atoms with E-state index in [-0.39, 0.29) is 53.1 Å². The summed E-state index contributed by atoms with van der Waals surface area (Å²) in [6, 6.07) is 2.89. The molecule has 0 aliphatic heterocycles. The van der Waals surface area contributed by atoms with Gasteiger partial charge in [-0.2, -0.15) is 0 Å². The number of thiophene rings is 1. The summed E-state index contributed by atoms with van der Waals surface area (Å²) >= 11 is 6.74. The first-order chi connectivity index (χ1) is 12.0. The second kappa shape index (κ2) is 12.4. The van der Waals surface area contributed by atoms with Crippen LogP contribution >= 0.6 is 46.9 Å². The van der Waals surface area contributed by atoms with E-state index >= 15 is 0 Å². The van der Waals surface area contributed by atoms with E-state index in [4.69, 9.17) is 11.6 Å². The summed E-state index contributed by atoms with van der Waals surface area (Å²) < 4.78 is 49.6. The van der Waals surface area contributed by atoms with E-state index in [2.05, 4.69) is 20.3 Å². The van der Waals surface area contributed by atoms with E-state index in [1.165, 1.54) is 18.4 Å². The monoisotopic (exact) mass is 572 g/mol. The molecule has 0 saturated heterocycles. The van der Waals surface area contributed by atoms with Crippen molar-refractivity contribution in [1.29, 1.82) is 0 Å². The third kappa shape index (κ3) is 11.4. The van der Waals surface area contributed by atoms with E-state index in [0.717, 1.165) is 11.3 Å². The summed E-state index contributed by atoms with van der Waals surface area (Å²) in [5, 5.41) is 6.15. The first-order valence-corrected chi connectivity index (χ1v) is 12.7. The quantitative estimate of drug-likeness (QED) is 0.170. The minimum absolute atomic E-state index is 0. The largest absolute Gasteiger partial charge is 0.357 e. The van der Waals surface area contributed by atoms with Gasteiger partial charge in [0.25, 0.3) is 0 Å². The van der Waals surface area contributed by atoms with E-state index < -0.39 is 19.9 Å². The molecule has 0 fully saturated rings. The number of guanidine groups is 1. The lowest BCUT2D eigenvalue weighted by atomic mass is 10.3. The average molecular weight is 573 g/mol. The zero-order valence-corrected chi connectivity index (χ0v) is 20.9. The molecule has 0 amide bonds. The fourth-order valence-corrected chi connectivity index (χ4v) is 5.21. The molecular weight excluding hydrogens is 547 g/mol. The van der Waals surface area contributed by atoms with Crippen LogP contribution in [-0.2, 0) is 19.9 Å². The Morgan fingerprint density at radius 2 is 1.96 bits per heavy atom. The van der Waals surface area contributed by atoms with Gasteiger partial charge in [-0.3, -0.25) is 4.99 Å². The van der Waals surface area contributed by atoms with Gasteiger partial charge in [0.1, 0.15) is 14.0 Å². The molecule has 0 spiro atoms. The normalized spacial score (nSPS) is 13.7. The van der Waals surface area contributed by atoms with Crippen LogP contribution in [0.3, 0.4) is 0 Å². The number of aliphatic imine (C=N–C) groups is 1. The third-order valence-corrected chi connectivity index (χ3v) is 7.30. The summed E-state index contributed by atoms with van der Waals surface area (Å²) in [4.78, 5) is 4.30. The topological polar surface area (TPSA) is 117 Å². The lowest BCUT2D eigenvalue weighted by Crippen LogP contribution is -2.43. The predicted octanol–water partition coefficient (Wildman–Crippen LogP) is 1.68. The Balaban J connectivity index is 0.00000676. The molecule has 1 unspecified atom stereocenters. The van der Waals surface area contributed by atoms with Crippen LogP contribution in [0.15, 0.2) is 21.3 Å². The summed E-state index contributed by atoms with van der Waals surface area (Å²) in [6.45, 7) is 4.76. The van der Waals surface area contributed by atoms with Crippen LogP contribution in [0.2, 0.25) is 4.34 Å². The van der Waals surface area contributed by atoms with Crippen molar-refractivity contribution < 1.29 is 16.8 Å². The van der Waals surface area contributed by atoms with Gasteiger partial charge >= 0.3 is 0 Å². The molecule has 0 radical (unpaired) electrons. The van der Waals surface area contributed by atoms with Crippen molar-refractivity contribution in [2.45, 2.75) is 30.5 Å². The molecule has 13 heteroatoms. The number of sulfonamides is 1. The van der Waals surface area contributed by atoms with Crippen molar-refractivity contribution in [2.75, 3.05) is 31.6 Å². The number of hydrogen-bond donors (Lipinski definition) is 3. The van der Waals surface area contributed by atoms with Gasteiger partial charge in [0.2, 0.25) is 10.0 Å².